The Morgan fingerprint density at radius 2 is 1.71 bits per heavy atom. The quantitative estimate of drug-likeness (QED) is 0.655. The molecule has 0 aliphatic carbocycles. The van der Waals surface area contributed by atoms with Crippen LogP contribution in [0.1, 0.15) is 36.7 Å². The average molecular weight is 276 g/mol. The van der Waals surface area contributed by atoms with Crippen LogP contribution < -0.4 is 0 Å². The third-order valence-corrected chi connectivity index (χ3v) is 3.88. The van der Waals surface area contributed by atoms with Gasteiger partial charge in [-0.25, -0.2) is 0 Å². The zero-order chi connectivity index (χ0) is 15.0. The minimum atomic E-state index is 0.409. The molecule has 21 heavy (non-hydrogen) atoms. The van der Waals surface area contributed by atoms with E-state index in [0.717, 1.165) is 11.4 Å². The van der Waals surface area contributed by atoms with E-state index in [0.29, 0.717) is 5.92 Å². The predicted octanol–water partition coefficient (Wildman–Crippen LogP) is 5.04. The Bertz CT molecular complexity index is 804. The van der Waals surface area contributed by atoms with Gasteiger partial charge in [0.15, 0.2) is 0 Å². The first-order valence-corrected chi connectivity index (χ1v) is 7.38. The van der Waals surface area contributed by atoms with Crippen LogP contribution in [0.2, 0.25) is 0 Å². The highest BCUT2D eigenvalue weighted by atomic mass is 14.7. The molecule has 0 saturated heterocycles. The van der Waals surface area contributed by atoms with E-state index in [-0.39, 0.29) is 0 Å². The van der Waals surface area contributed by atoms with Crippen molar-refractivity contribution in [2.24, 2.45) is 0 Å². The molecule has 0 spiro atoms. The largest absolute Gasteiger partial charge is 0.261 e. The second kappa shape index (κ2) is 5.28. The van der Waals surface area contributed by atoms with Gasteiger partial charge in [0.25, 0.3) is 0 Å². The Morgan fingerprint density at radius 1 is 0.905 bits per heavy atom. The van der Waals surface area contributed by atoms with Crippen LogP contribution in [0, 0.1) is 13.8 Å². The molecule has 0 bridgehead atoms. The number of hydrogen-bond donors (Lipinski definition) is 0. The topological polar surface area (TPSA) is 25.8 Å². The van der Waals surface area contributed by atoms with Crippen molar-refractivity contribution in [3.63, 3.8) is 0 Å². The molecule has 3 rings (SSSR count). The van der Waals surface area contributed by atoms with Gasteiger partial charge < -0.3 is 0 Å². The van der Waals surface area contributed by atoms with Gasteiger partial charge in [0.05, 0.1) is 5.69 Å². The van der Waals surface area contributed by atoms with Crippen LogP contribution in [0.25, 0.3) is 21.9 Å². The SMILES string of the molecule is Cc1cc2ccc(-c3c(C)ccnc3C(C)C)cc2cn1. The summed E-state index contributed by atoms with van der Waals surface area (Å²) in [7, 11) is 0. The van der Waals surface area contributed by atoms with Crippen LogP contribution in [-0.2, 0) is 0 Å². The summed E-state index contributed by atoms with van der Waals surface area (Å²) in [6.07, 6.45) is 3.86. The molecule has 106 valence electrons. The summed E-state index contributed by atoms with van der Waals surface area (Å²) in [4.78, 5) is 9.00. The van der Waals surface area contributed by atoms with Gasteiger partial charge in [-0.1, -0.05) is 26.0 Å². The van der Waals surface area contributed by atoms with Gasteiger partial charge in [-0.3, -0.25) is 9.97 Å². The zero-order valence-electron chi connectivity index (χ0n) is 13.0. The monoisotopic (exact) mass is 276 g/mol. The number of nitrogens with zero attached hydrogens (tertiary/aromatic N) is 2. The highest BCUT2D eigenvalue weighted by molar-refractivity contribution is 5.87. The Morgan fingerprint density at radius 3 is 2.48 bits per heavy atom. The van der Waals surface area contributed by atoms with Crippen molar-refractivity contribution in [3.05, 3.63) is 59.7 Å². The molecule has 0 radical (unpaired) electrons. The lowest BCUT2D eigenvalue weighted by molar-refractivity contribution is 0.823. The second-order valence-corrected chi connectivity index (χ2v) is 5.93. The molecule has 2 aromatic heterocycles. The van der Waals surface area contributed by atoms with E-state index < -0.39 is 0 Å². The highest BCUT2D eigenvalue weighted by Gasteiger charge is 2.13. The van der Waals surface area contributed by atoms with E-state index in [1.54, 1.807) is 0 Å². The van der Waals surface area contributed by atoms with Crippen LogP contribution in [-0.4, -0.2) is 9.97 Å². The van der Waals surface area contributed by atoms with Gasteiger partial charge in [-0.2, -0.15) is 0 Å². The van der Waals surface area contributed by atoms with E-state index in [1.165, 1.54) is 27.5 Å². The van der Waals surface area contributed by atoms with Crippen LogP contribution in [0.4, 0.5) is 0 Å². The van der Waals surface area contributed by atoms with Crippen molar-refractivity contribution in [1.29, 1.82) is 0 Å². The van der Waals surface area contributed by atoms with Crippen LogP contribution in [0.15, 0.2) is 42.7 Å². The maximum absolute atomic E-state index is 4.59. The smallest absolute Gasteiger partial charge is 0.0509 e. The number of pyridine rings is 2. The third-order valence-electron chi connectivity index (χ3n) is 3.88. The molecule has 0 fully saturated rings. The van der Waals surface area contributed by atoms with Crippen molar-refractivity contribution >= 4 is 10.8 Å². The first-order chi connectivity index (χ1) is 10.1. The van der Waals surface area contributed by atoms with Crippen molar-refractivity contribution in [2.45, 2.75) is 33.6 Å². The first kappa shape index (κ1) is 13.7. The normalized spacial score (nSPS) is 11.3. The van der Waals surface area contributed by atoms with Crippen LogP contribution in [0.5, 0.6) is 0 Å². The molecular formula is C19H20N2. The number of aromatic nitrogens is 2. The first-order valence-electron chi connectivity index (χ1n) is 7.38. The standard InChI is InChI=1S/C19H20N2/c1-12(2)19-18(13(3)7-8-20-19)16-6-5-15-9-14(4)21-11-17(15)10-16/h5-12H,1-4H3. The fourth-order valence-corrected chi connectivity index (χ4v) is 2.80. The second-order valence-electron chi connectivity index (χ2n) is 5.93. The van der Waals surface area contributed by atoms with E-state index in [4.69, 9.17) is 0 Å². The summed E-state index contributed by atoms with van der Waals surface area (Å²) in [5.74, 6) is 0.409. The summed E-state index contributed by atoms with van der Waals surface area (Å²) in [6.45, 7) is 8.56. The molecule has 2 heterocycles. The fraction of sp³-hybridized carbons (Fsp3) is 0.263. The van der Waals surface area contributed by atoms with Crippen molar-refractivity contribution in [3.8, 4) is 11.1 Å². The molecule has 0 aliphatic rings. The molecule has 2 nitrogen and oxygen atoms in total. The summed E-state index contributed by atoms with van der Waals surface area (Å²) >= 11 is 0. The maximum Gasteiger partial charge on any atom is 0.0509 e. The third kappa shape index (κ3) is 2.54. The highest BCUT2D eigenvalue weighted by Crippen LogP contribution is 2.32. The molecule has 3 aromatic rings. The fourth-order valence-electron chi connectivity index (χ4n) is 2.80. The number of hydrogen-bond acceptors (Lipinski definition) is 2. The van der Waals surface area contributed by atoms with Gasteiger partial charge in [0.2, 0.25) is 0 Å². The lowest BCUT2D eigenvalue weighted by Gasteiger charge is -2.15. The summed E-state index contributed by atoms with van der Waals surface area (Å²) < 4.78 is 0. The molecule has 0 saturated carbocycles. The number of aryl methyl sites for hydroxylation is 2. The molecule has 0 aliphatic heterocycles. The molecule has 0 amide bonds. The van der Waals surface area contributed by atoms with Gasteiger partial charge >= 0.3 is 0 Å². The van der Waals surface area contributed by atoms with Gasteiger partial charge in [0, 0.05) is 29.0 Å². The molecular weight excluding hydrogens is 256 g/mol. The van der Waals surface area contributed by atoms with E-state index in [2.05, 4.69) is 61.1 Å². The van der Waals surface area contributed by atoms with Crippen LogP contribution >= 0.6 is 0 Å². The molecule has 0 unspecified atom stereocenters. The van der Waals surface area contributed by atoms with E-state index in [1.807, 2.05) is 19.3 Å². The van der Waals surface area contributed by atoms with Crippen molar-refractivity contribution in [2.75, 3.05) is 0 Å². The molecule has 0 N–H and O–H groups in total. The average Bonchev–Trinajstić information content (AvgIpc) is 2.46. The summed E-state index contributed by atoms with van der Waals surface area (Å²) in [5.41, 5.74) is 5.97. The number of benzene rings is 1. The Labute approximate surface area is 125 Å². The van der Waals surface area contributed by atoms with Gasteiger partial charge in [0.1, 0.15) is 0 Å². The van der Waals surface area contributed by atoms with E-state index in [9.17, 15) is 0 Å². The Kier molecular flexibility index (Phi) is 3.46. The molecule has 1 aromatic carbocycles. The summed E-state index contributed by atoms with van der Waals surface area (Å²) in [6, 6.07) is 10.8. The Balaban J connectivity index is 2.23. The molecule has 0 atom stereocenters. The Hall–Kier alpha value is -2.22. The van der Waals surface area contributed by atoms with Crippen molar-refractivity contribution < 1.29 is 0 Å². The van der Waals surface area contributed by atoms with Crippen molar-refractivity contribution in [1.82, 2.24) is 9.97 Å². The lowest BCUT2D eigenvalue weighted by Crippen LogP contribution is -1.98. The minimum absolute atomic E-state index is 0.409. The predicted molar refractivity (Wildman–Crippen MR) is 88.5 cm³/mol. The zero-order valence-corrected chi connectivity index (χ0v) is 13.0. The van der Waals surface area contributed by atoms with E-state index >= 15 is 0 Å². The number of rotatable bonds is 2. The lowest BCUT2D eigenvalue weighted by atomic mass is 9.93. The molecule has 2 heteroatoms. The minimum Gasteiger partial charge on any atom is -0.261 e. The van der Waals surface area contributed by atoms with Gasteiger partial charge in [-0.05, 0) is 54.5 Å². The van der Waals surface area contributed by atoms with Crippen LogP contribution in [0.3, 0.4) is 0 Å². The van der Waals surface area contributed by atoms with Gasteiger partial charge in [-0.15, -0.1) is 0 Å². The summed E-state index contributed by atoms with van der Waals surface area (Å²) in [5, 5.41) is 2.41. The maximum atomic E-state index is 4.59. The number of fused-ring (bicyclic) bond motifs is 1.